The molecule has 1 nitrogen and oxygen atoms in total. The van der Waals surface area contributed by atoms with E-state index in [0.717, 1.165) is 11.1 Å². The predicted octanol–water partition coefficient (Wildman–Crippen LogP) is 5.03. The lowest BCUT2D eigenvalue weighted by Crippen LogP contribution is -2.06. The standard InChI is InChI=1S/C16H15Cl2FO/c1-9-6-12(14(18)7-10(9)2)16(20)8-11-13(17)4-3-5-15(11)19/h3-7,16,20H,8H2,1-2H3. The summed E-state index contributed by atoms with van der Waals surface area (Å²) < 4.78 is 13.7. The molecule has 20 heavy (non-hydrogen) atoms. The molecule has 0 aliphatic rings. The lowest BCUT2D eigenvalue weighted by atomic mass is 9.97. The molecule has 0 amide bonds. The summed E-state index contributed by atoms with van der Waals surface area (Å²) in [4.78, 5) is 0. The first-order valence-electron chi connectivity index (χ1n) is 6.27. The molecule has 0 heterocycles. The molecule has 0 aliphatic carbocycles. The Balaban J connectivity index is 2.33. The zero-order valence-electron chi connectivity index (χ0n) is 11.3. The highest BCUT2D eigenvalue weighted by molar-refractivity contribution is 6.31. The largest absolute Gasteiger partial charge is 0.388 e. The fourth-order valence-electron chi connectivity index (χ4n) is 2.09. The second-order valence-electron chi connectivity index (χ2n) is 4.88. The van der Waals surface area contributed by atoms with Gasteiger partial charge in [-0.05, 0) is 48.7 Å². The molecular weight excluding hydrogens is 298 g/mol. The van der Waals surface area contributed by atoms with Crippen LogP contribution in [-0.2, 0) is 6.42 Å². The van der Waals surface area contributed by atoms with Crippen LogP contribution in [0.5, 0.6) is 0 Å². The van der Waals surface area contributed by atoms with E-state index in [4.69, 9.17) is 23.2 Å². The lowest BCUT2D eigenvalue weighted by Gasteiger charge is -2.16. The van der Waals surface area contributed by atoms with Crippen molar-refractivity contribution in [1.82, 2.24) is 0 Å². The van der Waals surface area contributed by atoms with Gasteiger partial charge in [-0.25, -0.2) is 4.39 Å². The van der Waals surface area contributed by atoms with Crippen LogP contribution in [0.4, 0.5) is 4.39 Å². The third-order valence-corrected chi connectivity index (χ3v) is 4.11. The molecule has 1 atom stereocenters. The Kier molecular flexibility index (Phi) is 4.69. The molecule has 0 aromatic heterocycles. The van der Waals surface area contributed by atoms with E-state index in [1.807, 2.05) is 19.9 Å². The van der Waals surface area contributed by atoms with Crippen molar-refractivity contribution >= 4 is 23.2 Å². The van der Waals surface area contributed by atoms with E-state index >= 15 is 0 Å². The summed E-state index contributed by atoms with van der Waals surface area (Å²) in [5.74, 6) is -0.420. The summed E-state index contributed by atoms with van der Waals surface area (Å²) in [5, 5.41) is 11.1. The summed E-state index contributed by atoms with van der Waals surface area (Å²) >= 11 is 12.1. The molecule has 0 saturated heterocycles. The van der Waals surface area contributed by atoms with Crippen LogP contribution >= 0.6 is 23.2 Å². The van der Waals surface area contributed by atoms with E-state index < -0.39 is 11.9 Å². The quantitative estimate of drug-likeness (QED) is 0.843. The molecule has 0 radical (unpaired) electrons. The summed E-state index contributed by atoms with van der Waals surface area (Å²) in [6.07, 6.45) is -0.801. The third kappa shape index (κ3) is 3.14. The molecule has 1 unspecified atom stereocenters. The third-order valence-electron chi connectivity index (χ3n) is 3.43. The van der Waals surface area contributed by atoms with Crippen molar-refractivity contribution < 1.29 is 9.50 Å². The fourth-order valence-corrected chi connectivity index (χ4v) is 2.67. The van der Waals surface area contributed by atoms with Crippen LogP contribution in [0.1, 0.15) is 28.4 Å². The van der Waals surface area contributed by atoms with Gasteiger partial charge in [-0.3, -0.25) is 0 Å². The summed E-state index contributed by atoms with van der Waals surface area (Å²) in [6.45, 7) is 3.89. The van der Waals surface area contributed by atoms with E-state index in [1.54, 1.807) is 12.1 Å². The minimum absolute atomic E-state index is 0.0910. The van der Waals surface area contributed by atoms with Gasteiger partial charge in [-0.15, -0.1) is 0 Å². The predicted molar refractivity (Wildman–Crippen MR) is 81.0 cm³/mol. The summed E-state index contributed by atoms with van der Waals surface area (Å²) in [6, 6.07) is 8.11. The topological polar surface area (TPSA) is 20.2 Å². The van der Waals surface area contributed by atoms with Gasteiger partial charge in [0.25, 0.3) is 0 Å². The minimum atomic E-state index is -0.892. The van der Waals surface area contributed by atoms with Gasteiger partial charge in [0.15, 0.2) is 0 Å². The first-order valence-corrected chi connectivity index (χ1v) is 7.03. The smallest absolute Gasteiger partial charge is 0.127 e. The van der Waals surface area contributed by atoms with Crippen molar-refractivity contribution in [3.63, 3.8) is 0 Å². The monoisotopic (exact) mass is 312 g/mol. The number of aliphatic hydroxyl groups excluding tert-OH is 1. The molecule has 2 rings (SSSR count). The normalized spacial score (nSPS) is 12.5. The zero-order chi connectivity index (χ0) is 14.9. The molecular formula is C16H15Cl2FO. The van der Waals surface area contributed by atoms with E-state index in [0.29, 0.717) is 21.2 Å². The van der Waals surface area contributed by atoms with Crippen molar-refractivity contribution in [2.75, 3.05) is 0 Å². The van der Waals surface area contributed by atoms with Crippen molar-refractivity contribution in [1.29, 1.82) is 0 Å². The Morgan fingerprint density at radius 3 is 2.40 bits per heavy atom. The van der Waals surface area contributed by atoms with E-state index in [1.165, 1.54) is 12.1 Å². The molecule has 0 fully saturated rings. The molecule has 2 aromatic carbocycles. The van der Waals surface area contributed by atoms with Crippen LogP contribution in [-0.4, -0.2) is 5.11 Å². The highest BCUT2D eigenvalue weighted by atomic mass is 35.5. The molecule has 0 spiro atoms. The van der Waals surface area contributed by atoms with Crippen molar-refractivity contribution in [3.8, 4) is 0 Å². The number of hydrogen-bond donors (Lipinski definition) is 1. The van der Waals surface area contributed by atoms with Crippen LogP contribution in [0.15, 0.2) is 30.3 Å². The highest BCUT2D eigenvalue weighted by Gasteiger charge is 2.17. The molecule has 0 saturated carbocycles. The molecule has 0 bridgehead atoms. The molecule has 0 aliphatic heterocycles. The van der Waals surface area contributed by atoms with Gasteiger partial charge >= 0.3 is 0 Å². The van der Waals surface area contributed by atoms with Gasteiger partial charge in [0, 0.05) is 22.0 Å². The number of rotatable bonds is 3. The second-order valence-corrected chi connectivity index (χ2v) is 5.69. The lowest BCUT2D eigenvalue weighted by molar-refractivity contribution is 0.177. The summed E-state index contributed by atoms with van der Waals surface area (Å²) in [7, 11) is 0. The van der Waals surface area contributed by atoms with Crippen molar-refractivity contribution in [3.05, 3.63) is 68.4 Å². The second kappa shape index (κ2) is 6.13. The first kappa shape index (κ1) is 15.3. The van der Waals surface area contributed by atoms with E-state index in [9.17, 15) is 9.50 Å². The fraction of sp³-hybridized carbons (Fsp3) is 0.250. The molecule has 1 N–H and O–H groups in total. The average Bonchev–Trinajstić information content (AvgIpc) is 2.38. The van der Waals surface area contributed by atoms with Gasteiger partial charge < -0.3 is 5.11 Å². The minimum Gasteiger partial charge on any atom is -0.388 e. The van der Waals surface area contributed by atoms with Crippen LogP contribution < -0.4 is 0 Å². The van der Waals surface area contributed by atoms with Gasteiger partial charge in [0.05, 0.1) is 6.10 Å². The van der Waals surface area contributed by atoms with Gasteiger partial charge in [-0.1, -0.05) is 35.3 Å². The van der Waals surface area contributed by atoms with Gasteiger partial charge in [-0.2, -0.15) is 0 Å². The van der Waals surface area contributed by atoms with Crippen LogP contribution in [0.2, 0.25) is 10.0 Å². The molecule has 2 aromatic rings. The van der Waals surface area contributed by atoms with Crippen LogP contribution in [0.3, 0.4) is 0 Å². The molecule has 4 heteroatoms. The van der Waals surface area contributed by atoms with E-state index in [-0.39, 0.29) is 6.42 Å². The number of halogens is 3. The van der Waals surface area contributed by atoms with Crippen molar-refractivity contribution in [2.24, 2.45) is 0 Å². The Hall–Kier alpha value is -1.09. The SMILES string of the molecule is Cc1cc(Cl)c(C(O)Cc2c(F)cccc2Cl)cc1C. The molecule has 106 valence electrons. The number of benzene rings is 2. The summed E-state index contributed by atoms with van der Waals surface area (Å²) in [5.41, 5.74) is 2.98. The maximum absolute atomic E-state index is 13.7. The number of hydrogen-bond acceptors (Lipinski definition) is 1. The highest BCUT2D eigenvalue weighted by Crippen LogP contribution is 2.31. The van der Waals surface area contributed by atoms with Gasteiger partial charge in [0.2, 0.25) is 0 Å². The average molecular weight is 313 g/mol. The van der Waals surface area contributed by atoms with Gasteiger partial charge in [0.1, 0.15) is 5.82 Å². The van der Waals surface area contributed by atoms with Crippen LogP contribution in [0.25, 0.3) is 0 Å². The Morgan fingerprint density at radius 1 is 1.10 bits per heavy atom. The Morgan fingerprint density at radius 2 is 1.75 bits per heavy atom. The van der Waals surface area contributed by atoms with Crippen LogP contribution in [0, 0.1) is 19.7 Å². The number of aryl methyl sites for hydroxylation is 2. The van der Waals surface area contributed by atoms with Crippen molar-refractivity contribution in [2.45, 2.75) is 26.4 Å². The first-order chi connectivity index (χ1) is 9.40. The zero-order valence-corrected chi connectivity index (χ0v) is 12.8. The Labute approximate surface area is 128 Å². The van der Waals surface area contributed by atoms with E-state index in [2.05, 4.69) is 0 Å². The Bertz CT molecular complexity index is 620. The maximum atomic E-state index is 13.7. The number of aliphatic hydroxyl groups is 1. The maximum Gasteiger partial charge on any atom is 0.127 e.